The third kappa shape index (κ3) is 5.77. The number of piperidine rings is 1. The number of hydrogen-bond acceptors (Lipinski definition) is 4. The van der Waals surface area contributed by atoms with Crippen LogP contribution in [0.15, 0.2) is 58.6 Å². The molecule has 1 saturated heterocycles. The number of pyridine rings is 1. The molecule has 0 atom stereocenters. The van der Waals surface area contributed by atoms with Gasteiger partial charge in [0, 0.05) is 30.5 Å². The molecule has 1 aromatic heterocycles. The first-order chi connectivity index (χ1) is 14.4. The van der Waals surface area contributed by atoms with Crippen LogP contribution >= 0.6 is 0 Å². The van der Waals surface area contributed by atoms with Gasteiger partial charge in [0.25, 0.3) is 5.91 Å². The minimum Gasteiger partial charge on any atom is -0.369 e. The zero-order chi connectivity index (χ0) is 21.5. The Bertz CT molecular complexity index is 902. The summed E-state index contributed by atoms with van der Waals surface area (Å²) >= 11 is 0. The van der Waals surface area contributed by atoms with Gasteiger partial charge in [0.1, 0.15) is 0 Å². The summed E-state index contributed by atoms with van der Waals surface area (Å²) in [7, 11) is 3.98. The maximum Gasteiger partial charge on any atom is 0.253 e. The van der Waals surface area contributed by atoms with Gasteiger partial charge in [-0.05, 0) is 69.4 Å². The summed E-state index contributed by atoms with van der Waals surface area (Å²) < 4.78 is 0. The highest BCUT2D eigenvalue weighted by molar-refractivity contribution is 6.01. The molecule has 1 amide bonds. The van der Waals surface area contributed by atoms with Gasteiger partial charge >= 0.3 is 0 Å². The zero-order valence-electron chi connectivity index (χ0n) is 17.3. The highest BCUT2D eigenvalue weighted by atomic mass is 16.2. The summed E-state index contributed by atoms with van der Waals surface area (Å²) in [6, 6.07) is 12.7. The van der Waals surface area contributed by atoms with Crippen LogP contribution in [-0.4, -0.2) is 65.8 Å². The number of carbonyl (C=O) groups is 1. The molecule has 1 aliphatic rings. The van der Waals surface area contributed by atoms with E-state index in [-0.39, 0.29) is 23.9 Å². The first kappa shape index (κ1) is 21.3. The van der Waals surface area contributed by atoms with Gasteiger partial charge < -0.3 is 26.6 Å². The van der Waals surface area contributed by atoms with Crippen molar-refractivity contribution in [2.24, 2.45) is 21.5 Å². The average Bonchev–Trinajstić information content (AvgIpc) is 2.74. The van der Waals surface area contributed by atoms with Crippen LogP contribution in [0.3, 0.4) is 0 Å². The highest BCUT2D eigenvalue weighted by Crippen LogP contribution is 2.18. The molecular weight excluding hydrogens is 380 g/mol. The molecule has 0 saturated carbocycles. The Morgan fingerprint density at radius 2 is 1.87 bits per heavy atom. The smallest absolute Gasteiger partial charge is 0.253 e. The van der Waals surface area contributed by atoms with Gasteiger partial charge in [-0.25, -0.2) is 4.98 Å². The van der Waals surface area contributed by atoms with E-state index >= 15 is 0 Å². The lowest BCUT2D eigenvalue weighted by atomic mass is 10.0. The third-order valence-corrected chi connectivity index (χ3v) is 5.07. The lowest BCUT2D eigenvalue weighted by molar-refractivity contribution is 0.0659. The fourth-order valence-electron chi connectivity index (χ4n) is 3.31. The van der Waals surface area contributed by atoms with Crippen LogP contribution in [0.5, 0.6) is 0 Å². The van der Waals surface area contributed by atoms with E-state index in [1.54, 1.807) is 48.7 Å². The van der Waals surface area contributed by atoms with Gasteiger partial charge in [-0.3, -0.25) is 4.79 Å². The van der Waals surface area contributed by atoms with Gasteiger partial charge in [0.05, 0.1) is 0 Å². The summed E-state index contributed by atoms with van der Waals surface area (Å²) in [5.74, 6) is 0.549. The second kappa shape index (κ2) is 9.84. The SMILES string of the molecule is CN1CCC(N(C)C(=O)c2ccc(NC(N)=NC(N)=Nc3ccccn3)cc2)CC1. The monoisotopic (exact) mass is 408 g/mol. The maximum absolute atomic E-state index is 12.8. The van der Waals surface area contributed by atoms with Crippen molar-refractivity contribution >= 4 is 29.3 Å². The van der Waals surface area contributed by atoms with Gasteiger partial charge in [0.2, 0.25) is 11.9 Å². The number of carbonyl (C=O) groups excluding carboxylic acids is 1. The first-order valence-corrected chi connectivity index (χ1v) is 9.84. The Balaban J connectivity index is 1.59. The van der Waals surface area contributed by atoms with E-state index in [4.69, 9.17) is 11.5 Å². The van der Waals surface area contributed by atoms with Crippen molar-refractivity contribution in [1.82, 2.24) is 14.8 Å². The van der Waals surface area contributed by atoms with E-state index in [0.717, 1.165) is 25.9 Å². The summed E-state index contributed by atoms with van der Waals surface area (Å²) in [6.07, 6.45) is 3.60. The standard InChI is InChI=1S/C21H28N8O/c1-28-13-10-17(11-14-28)29(2)19(30)15-6-8-16(9-7-15)25-20(22)27-21(23)26-18-5-3-4-12-24-18/h3-9,12,17H,10-11,13-14H2,1-2H3,(H5,22,23,24,25,26,27). The van der Waals surface area contributed by atoms with Gasteiger partial charge in [-0.1, -0.05) is 6.07 Å². The Hall–Kier alpha value is -3.46. The molecule has 0 unspecified atom stereocenters. The summed E-state index contributed by atoms with van der Waals surface area (Å²) in [6.45, 7) is 2.02. The predicted octanol–water partition coefficient (Wildman–Crippen LogP) is 1.62. The summed E-state index contributed by atoms with van der Waals surface area (Å²) in [4.78, 5) is 29.1. The van der Waals surface area contributed by atoms with Gasteiger partial charge in [-0.2, -0.15) is 9.98 Å². The van der Waals surface area contributed by atoms with Gasteiger partial charge in [-0.15, -0.1) is 0 Å². The average molecular weight is 409 g/mol. The van der Waals surface area contributed by atoms with Crippen LogP contribution in [0.4, 0.5) is 11.5 Å². The maximum atomic E-state index is 12.8. The van der Waals surface area contributed by atoms with Crippen molar-refractivity contribution in [1.29, 1.82) is 0 Å². The van der Waals surface area contributed by atoms with Gasteiger partial charge in [0.15, 0.2) is 5.82 Å². The molecule has 2 heterocycles. The minimum absolute atomic E-state index is 0.00903. The van der Waals surface area contributed by atoms with Crippen molar-refractivity contribution in [2.75, 3.05) is 32.5 Å². The highest BCUT2D eigenvalue weighted by Gasteiger charge is 2.24. The number of aliphatic imine (C=N–C) groups is 2. The van der Waals surface area contributed by atoms with Crippen LogP contribution in [-0.2, 0) is 0 Å². The quantitative estimate of drug-likeness (QED) is 0.521. The molecule has 2 aromatic rings. The Morgan fingerprint density at radius 1 is 1.17 bits per heavy atom. The molecule has 0 aliphatic carbocycles. The molecule has 9 nitrogen and oxygen atoms in total. The Labute approximate surface area is 176 Å². The number of likely N-dealkylation sites (tertiary alicyclic amines) is 1. The second-order valence-corrected chi connectivity index (χ2v) is 7.31. The van der Waals surface area contributed by atoms with Crippen LogP contribution in [0.1, 0.15) is 23.2 Å². The van der Waals surface area contributed by atoms with Crippen molar-refractivity contribution in [2.45, 2.75) is 18.9 Å². The van der Waals surface area contributed by atoms with E-state index in [2.05, 4.69) is 32.2 Å². The van der Waals surface area contributed by atoms with E-state index in [1.807, 2.05) is 11.9 Å². The molecule has 5 N–H and O–H groups in total. The number of guanidine groups is 2. The van der Waals surface area contributed by atoms with E-state index in [1.165, 1.54) is 0 Å². The summed E-state index contributed by atoms with van der Waals surface area (Å²) in [5, 5.41) is 2.94. The molecular formula is C21H28N8O. The molecule has 0 bridgehead atoms. The molecule has 9 heteroatoms. The number of anilines is 1. The molecule has 0 radical (unpaired) electrons. The molecule has 1 fully saturated rings. The molecule has 0 spiro atoms. The Kier molecular flexibility index (Phi) is 6.97. The fourth-order valence-corrected chi connectivity index (χ4v) is 3.31. The first-order valence-electron chi connectivity index (χ1n) is 9.84. The number of nitrogens with two attached hydrogens (primary N) is 2. The van der Waals surface area contributed by atoms with Crippen LogP contribution in [0, 0.1) is 0 Å². The van der Waals surface area contributed by atoms with Crippen LogP contribution < -0.4 is 16.8 Å². The molecule has 3 rings (SSSR count). The zero-order valence-corrected chi connectivity index (χ0v) is 17.3. The predicted molar refractivity (Wildman–Crippen MR) is 120 cm³/mol. The van der Waals surface area contributed by atoms with Crippen molar-refractivity contribution in [3.63, 3.8) is 0 Å². The number of nitrogens with one attached hydrogen (secondary N) is 1. The largest absolute Gasteiger partial charge is 0.369 e. The number of nitrogens with zero attached hydrogens (tertiary/aromatic N) is 5. The Morgan fingerprint density at radius 3 is 2.50 bits per heavy atom. The number of hydrogen-bond donors (Lipinski definition) is 3. The van der Waals surface area contributed by atoms with Crippen LogP contribution in [0.2, 0.25) is 0 Å². The fraction of sp³-hybridized carbons (Fsp3) is 0.333. The van der Waals surface area contributed by atoms with E-state index < -0.39 is 0 Å². The van der Waals surface area contributed by atoms with Crippen LogP contribution in [0.25, 0.3) is 0 Å². The minimum atomic E-state index is -0.00903. The molecule has 158 valence electrons. The third-order valence-electron chi connectivity index (χ3n) is 5.07. The lowest BCUT2D eigenvalue weighted by Gasteiger charge is -2.35. The van der Waals surface area contributed by atoms with E-state index in [0.29, 0.717) is 17.1 Å². The van der Waals surface area contributed by atoms with Crippen molar-refractivity contribution < 1.29 is 4.79 Å². The van der Waals surface area contributed by atoms with Crippen molar-refractivity contribution in [3.8, 4) is 0 Å². The number of amides is 1. The normalized spacial score (nSPS) is 16.3. The number of benzene rings is 1. The lowest BCUT2D eigenvalue weighted by Crippen LogP contribution is -2.44. The van der Waals surface area contributed by atoms with E-state index in [9.17, 15) is 4.79 Å². The number of aromatic nitrogens is 1. The summed E-state index contributed by atoms with van der Waals surface area (Å²) in [5.41, 5.74) is 13.0. The topological polar surface area (TPSA) is 125 Å². The van der Waals surface area contributed by atoms with Crippen molar-refractivity contribution in [3.05, 3.63) is 54.2 Å². The second-order valence-electron chi connectivity index (χ2n) is 7.31. The number of rotatable bonds is 4. The molecule has 1 aromatic carbocycles. The molecule has 1 aliphatic heterocycles. The molecule has 30 heavy (non-hydrogen) atoms.